The minimum Gasteiger partial charge on any atom is -0.461 e. The second-order valence-corrected chi connectivity index (χ2v) is 9.54. The largest absolute Gasteiger partial charge is 0.461 e. The van der Waals surface area contributed by atoms with Crippen LogP contribution in [0, 0.1) is 11.8 Å². The predicted molar refractivity (Wildman–Crippen MR) is 123 cm³/mol. The summed E-state index contributed by atoms with van der Waals surface area (Å²) in [5.74, 6) is -0.173. The highest BCUT2D eigenvalue weighted by Gasteiger charge is 2.25. The van der Waals surface area contributed by atoms with Gasteiger partial charge in [0.25, 0.3) is 0 Å². The monoisotopic (exact) mass is 435 g/mol. The summed E-state index contributed by atoms with van der Waals surface area (Å²) < 4.78 is 16.9. The van der Waals surface area contributed by atoms with Crippen LogP contribution in [-0.4, -0.2) is 49.4 Å². The van der Waals surface area contributed by atoms with Gasteiger partial charge in [-0.25, -0.2) is 0 Å². The minimum absolute atomic E-state index is 0.0385. The zero-order chi connectivity index (χ0) is 23.4. The van der Waals surface area contributed by atoms with E-state index >= 15 is 0 Å². The lowest BCUT2D eigenvalue weighted by Gasteiger charge is -2.26. The number of ether oxygens (including phenoxy) is 3. The molecule has 0 aliphatic carbocycles. The van der Waals surface area contributed by atoms with E-state index in [1.165, 1.54) is 5.56 Å². The van der Waals surface area contributed by atoms with Crippen molar-refractivity contribution < 1.29 is 23.8 Å². The second-order valence-electron chi connectivity index (χ2n) is 9.54. The molecule has 0 amide bonds. The molecule has 1 rings (SSSR count). The normalized spacial score (nSPS) is 14.7. The van der Waals surface area contributed by atoms with Gasteiger partial charge in [-0.1, -0.05) is 44.2 Å². The van der Waals surface area contributed by atoms with Crippen LogP contribution in [0.1, 0.15) is 60.5 Å². The average Bonchev–Trinajstić information content (AvgIpc) is 2.67. The molecule has 0 aromatic heterocycles. The number of carbonyl (C=O) groups excluding carboxylic acids is 2. The Kier molecular flexibility index (Phi) is 11.8. The fraction of sp³-hybridized carbons (Fsp3) is 0.680. The lowest BCUT2D eigenvalue weighted by Crippen LogP contribution is -2.42. The highest BCUT2D eigenvalue weighted by molar-refractivity contribution is 5.77. The average molecular weight is 436 g/mol. The van der Waals surface area contributed by atoms with Crippen molar-refractivity contribution in [3.63, 3.8) is 0 Å². The Hall–Kier alpha value is -1.92. The lowest BCUT2D eigenvalue weighted by molar-refractivity contribution is -0.156. The van der Waals surface area contributed by atoms with Crippen LogP contribution in [0.25, 0.3) is 0 Å². The molecule has 0 aliphatic heterocycles. The Morgan fingerprint density at radius 3 is 2.26 bits per heavy atom. The number of benzene rings is 1. The molecule has 0 heterocycles. The Labute approximate surface area is 188 Å². The molecule has 1 aromatic rings. The van der Waals surface area contributed by atoms with Gasteiger partial charge in [0.2, 0.25) is 0 Å². The van der Waals surface area contributed by atoms with Crippen LogP contribution in [0.15, 0.2) is 30.3 Å². The fourth-order valence-corrected chi connectivity index (χ4v) is 2.91. The van der Waals surface area contributed by atoms with E-state index in [1.54, 1.807) is 27.7 Å². The topological polar surface area (TPSA) is 73.9 Å². The third-order valence-corrected chi connectivity index (χ3v) is 4.80. The molecule has 0 fully saturated rings. The van der Waals surface area contributed by atoms with E-state index in [2.05, 4.69) is 31.3 Å². The van der Waals surface area contributed by atoms with Crippen LogP contribution >= 0.6 is 0 Å². The maximum absolute atomic E-state index is 12.5. The Morgan fingerprint density at radius 1 is 1.03 bits per heavy atom. The molecule has 0 saturated carbocycles. The zero-order valence-electron chi connectivity index (χ0n) is 20.3. The van der Waals surface area contributed by atoms with Gasteiger partial charge in [-0.15, -0.1) is 0 Å². The first-order valence-electron chi connectivity index (χ1n) is 11.2. The number of rotatable bonds is 13. The summed E-state index contributed by atoms with van der Waals surface area (Å²) in [6.45, 7) is 14.5. The van der Waals surface area contributed by atoms with Crippen LogP contribution < -0.4 is 5.32 Å². The number of nitrogens with one attached hydrogen (secondary N) is 1. The molecule has 0 aliphatic rings. The van der Waals surface area contributed by atoms with Gasteiger partial charge in [0.15, 0.2) is 0 Å². The second kappa shape index (κ2) is 13.5. The van der Waals surface area contributed by atoms with Crippen molar-refractivity contribution in [3.05, 3.63) is 35.9 Å². The first-order valence-corrected chi connectivity index (χ1v) is 11.2. The standard InChI is InChI=1S/C25H41NO5/c1-18(2)13-14-29-17-22(15-21-11-9-8-10-12-21)20(4)30-24(28)19(3)26-16-23(27)31-25(5,6)7/h8-12,18-20,22,26H,13-17H2,1-7H3/t19-,20-,22+/m0/s1. The fourth-order valence-electron chi connectivity index (χ4n) is 2.91. The summed E-state index contributed by atoms with van der Waals surface area (Å²) in [6.07, 6.45) is 1.44. The molecule has 6 heteroatoms. The van der Waals surface area contributed by atoms with Gasteiger partial charge in [0.05, 0.1) is 13.2 Å². The molecular formula is C25H41NO5. The van der Waals surface area contributed by atoms with Gasteiger partial charge in [0.1, 0.15) is 17.7 Å². The molecular weight excluding hydrogens is 394 g/mol. The Morgan fingerprint density at radius 2 is 1.68 bits per heavy atom. The molecule has 31 heavy (non-hydrogen) atoms. The summed E-state index contributed by atoms with van der Waals surface area (Å²) in [5, 5.41) is 2.88. The van der Waals surface area contributed by atoms with E-state index in [0.717, 1.165) is 12.8 Å². The van der Waals surface area contributed by atoms with E-state index in [1.807, 2.05) is 25.1 Å². The molecule has 0 unspecified atom stereocenters. The third kappa shape index (κ3) is 12.5. The molecule has 3 atom stereocenters. The van der Waals surface area contributed by atoms with E-state index in [9.17, 15) is 9.59 Å². The highest BCUT2D eigenvalue weighted by Crippen LogP contribution is 2.17. The molecule has 0 radical (unpaired) electrons. The Balaban J connectivity index is 2.60. The number of esters is 2. The third-order valence-electron chi connectivity index (χ3n) is 4.80. The predicted octanol–water partition coefficient (Wildman–Crippen LogP) is 4.16. The first-order chi connectivity index (χ1) is 14.5. The van der Waals surface area contributed by atoms with Gasteiger partial charge in [-0.2, -0.15) is 0 Å². The Bertz CT molecular complexity index is 654. The number of hydrogen-bond donors (Lipinski definition) is 1. The van der Waals surface area contributed by atoms with Gasteiger partial charge in [0, 0.05) is 12.5 Å². The van der Waals surface area contributed by atoms with E-state index < -0.39 is 23.6 Å². The quantitative estimate of drug-likeness (QED) is 0.370. The van der Waals surface area contributed by atoms with Crippen molar-refractivity contribution in [2.24, 2.45) is 11.8 Å². The molecule has 0 saturated heterocycles. The SMILES string of the molecule is CC(C)CCOC[C@@H](Cc1ccccc1)[C@H](C)OC(=O)[C@H](C)NCC(=O)OC(C)(C)C. The number of hydrogen-bond acceptors (Lipinski definition) is 6. The van der Waals surface area contributed by atoms with Gasteiger partial charge in [-0.3, -0.25) is 14.9 Å². The van der Waals surface area contributed by atoms with Crippen molar-refractivity contribution >= 4 is 11.9 Å². The molecule has 6 nitrogen and oxygen atoms in total. The molecule has 0 bridgehead atoms. The lowest BCUT2D eigenvalue weighted by atomic mass is 9.95. The van der Waals surface area contributed by atoms with Gasteiger partial charge < -0.3 is 14.2 Å². The van der Waals surface area contributed by atoms with E-state index in [4.69, 9.17) is 14.2 Å². The van der Waals surface area contributed by atoms with Gasteiger partial charge >= 0.3 is 11.9 Å². The van der Waals surface area contributed by atoms with Crippen molar-refractivity contribution in [2.45, 2.75) is 79.1 Å². The van der Waals surface area contributed by atoms with E-state index in [-0.39, 0.29) is 18.6 Å². The van der Waals surface area contributed by atoms with Crippen molar-refractivity contribution in [2.75, 3.05) is 19.8 Å². The summed E-state index contributed by atoms with van der Waals surface area (Å²) in [6, 6.07) is 9.52. The van der Waals surface area contributed by atoms with Gasteiger partial charge in [-0.05, 0) is 58.9 Å². The summed E-state index contributed by atoms with van der Waals surface area (Å²) in [4.78, 5) is 24.4. The van der Waals surface area contributed by atoms with Crippen LogP contribution in [0.2, 0.25) is 0 Å². The van der Waals surface area contributed by atoms with Crippen molar-refractivity contribution in [1.82, 2.24) is 5.32 Å². The first kappa shape index (κ1) is 27.1. The van der Waals surface area contributed by atoms with Crippen molar-refractivity contribution in [1.29, 1.82) is 0 Å². The van der Waals surface area contributed by atoms with Crippen LogP contribution in [-0.2, 0) is 30.2 Å². The number of carbonyl (C=O) groups is 2. The highest BCUT2D eigenvalue weighted by atomic mass is 16.6. The summed E-state index contributed by atoms with van der Waals surface area (Å²) in [5.41, 5.74) is 0.621. The maximum Gasteiger partial charge on any atom is 0.323 e. The van der Waals surface area contributed by atoms with Crippen molar-refractivity contribution in [3.8, 4) is 0 Å². The van der Waals surface area contributed by atoms with Crippen LogP contribution in [0.3, 0.4) is 0 Å². The molecule has 0 spiro atoms. The summed E-state index contributed by atoms with van der Waals surface area (Å²) >= 11 is 0. The maximum atomic E-state index is 12.5. The molecule has 176 valence electrons. The van der Waals surface area contributed by atoms with Crippen LogP contribution in [0.5, 0.6) is 0 Å². The minimum atomic E-state index is -0.616. The molecule has 1 aromatic carbocycles. The molecule has 1 N–H and O–H groups in total. The zero-order valence-corrected chi connectivity index (χ0v) is 20.3. The van der Waals surface area contributed by atoms with E-state index in [0.29, 0.717) is 19.1 Å². The van der Waals surface area contributed by atoms with Crippen LogP contribution in [0.4, 0.5) is 0 Å². The smallest absolute Gasteiger partial charge is 0.323 e. The summed E-state index contributed by atoms with van der Waals surface area (Å²) in [7, 11) is 0.